The normalized spacial score (nSPS) is 12.4. The zero-order valence-corrected chi connectivity index (χ0v) is 7.92. The second-order valence-electron chi connectivity index (χ2n) is 3.22. The summed E-state index contributed by atoms with van der Waals surface area (Å²) >= 11 is 0. The van der Waals surface area contributed by atoms with Crippen molar-refractivity contribution in [3.05, 3.63) is 0 Å². The van der Waals surface area contributed by atoms with Crippen LogP contribution in [0.5, 0.6) is 0 Å². The van der Waals surface area contributed by atoms with Crippen LogP contribution in [0.4, 0.5) is 0 Å². The highest BCUT2D eigenvalue weighted by Gasteiger charge is 2.01. The quantitative estimate of drug-likeness (QED) is 0.595. The smallest absolute Gasteiger partial charge is 0.0670 e. The van der Waals surface area contributed by atoms with Crippen molar-refractivity contribution in [1.29, 1.82) is 5.26 Å². The van der Waals surface area contributed by atoms with Crippen LogP contribution in [0.3, 0.4) is 0 Å². The molecule has 0 bridgehead atoms. The molecule has 0 aromatic heterocycles. The van der Waals surface area contributed by atoms with E-state index in [9.17, 15) is 5.11 Å². The highest BCUT2D eigenvalue weighted by molar-refractivity contribution is 4.74. The first kappa shape index (κ1) is 11.4. The summed E-state index contributed by atoms with van der Waals surface area (Å²) in [7, 11) is 0. The number of aliphatic hydroxyl groups excluding tert-OH is 1. The van der Waals surface area contributed by atoms with Crippen molar-refractivity contribution in [2.75, 3.05) is 0 Å². The van der Waals surface area contributed by atoms with Gasteiger partial charge in [-0.2, -0.15) is 5.26 Å². The number of nitrogens with zero attached hydrogens (tertiary/aromatic N) is 1. The van der Waals surface area contributed by atoms with E-state index in [2.05, 4.69) is 6.92 Å². The molecule has 70 valence electrons. The molecule has 0 aromatic rings. The number of nitriles is 1. The highest BCUT2D eigenvalue weighted by Crippen LogP contribution is 2.08. The van der Waals surface area contributed by atoms with Gasteiger partial charge in [0.05, 0.1) is 18.6 Å². The zero-order valence-electron chi connectivity index (χ0n) is 7.92. The first-order valence-electron chi connectivity index (χ1n) is 4.86. The van der Waals surface area contributed by atoms with Crippen LogP contribution >= 0.6 is 0 Å². The predicted molar refractivity (Wildman–Crippen MR) is 49.6 cm³/mol. The average molecular weight is 169 g/mol. The molecule has 0 aliphatic rings. The summed E-state index contributed by atoms with van der Waals surface area (Å²) in [5.74, 6) is 0. The molecule has 2 heteroatoms. The molecule has 0 spiro atoms. The maximum Gasteiger partial charge on any atom is 0.0670 e. The Labute approximate surface area is 75.2 Å². The van der Waals surface area contributed by atoms with Crippen molar-refractivity contribution in [1.82, 2.24) is 0 Å². The monoisotopic (exact) mass is 169 g/mol. The van der Waals surface area contributed by atoms with Crippen molar-refractivity contribution in [3.63, 3.8) is 0 Å². The highest BCUT2D eigenvalue weighted by atomic mass is 16.3. The molecule has 0 saturated carbocycles. The second-order valence-corrected chi connectivity index (χ2v) is 3.22. The Bertz CT molecular complexity index is 128. The van der Waals surface area contributed by atoms with Gasteiger partial charge in [0.25, 0.3) is 0 Å². The molecule has 0 aliphatic heterocycles. The fourth-order valence-electron chi connectivity index (χ4n) is 1.19. The van der Waals surface area contributed by atoms with Crippen LogP contribution in [0.25, 0.3) is 0 Å². The van der Waals surface area contributed by atoms with Crippen molar-refractivity contribution in [2.24, 2.45) is 0 Å². The molecule has 0 aromatic carbocycles. The van der Waals surface area contributed by atoms with E-state index in [0.717, 1.165) is 12.8 Å². The Balaban J connectivity index is 3.04. The molecule has 1 unspecified atom stereocenters. The van der Waals surface area contributed by atoms with E-state index in [-0.39, 0.29) is 6.42 Å². The van der Waals surface area contributed by atoms with Gasteiger partial charge in [0.2, 0.25) is 0 Å². The Hall–Kier alpha value is -0.550. The Morgan fingerprint density at radius 2 is 1.92 bits per heavy atom. The molecule has 12 heavy (non-hydrogen) atoms. The third-order valence-corrected chi connectivity index (χ3v) is 1.97. The molecule has 0 fully saturated rings. The predicted octanol–water partition coefficient (Wildman–Crippen LogP) is 2.62. The van der Waals surface area contributed by atoms with Crippen LogP contribution in [-0.4, -0.2) is 11.2 Å². The summed E-state index contributed by atoms with van der Waals surface area (Å²) < 4.78 is 0. The molecular weight excluding hydrogens is 150 g/mol. The molecule has 0 saturated heterocycles. The molecule has 0 aliphatic carbocycles. The molecule has 1 N–H and O–H groups in total. The third kappa shape index (κ3) is 7.56. The first-order chi connectivity index (χ1) is 5.81. The summed E-state index contributed by atoms with van der Waals surface area (Å²) in [5, 5.41) is 17.5. The lowest BCUT2D eigenvalue weighted by Gasteiger charge is -2.04. The minimum Gasteiger partial charge on any atom is -0.392 e. The summed E-state index contributed by atoms with van der Waals surface area (Å²) in [6, 6.07) is 1.97. The maximum atomic E-state index is 9.18. The van der Waals surface area contributed by atoms with Crippen LogP contribution in [0.2, 0.25) is 0 Å². The van der Waals surface area contributed by atoms with Gasteiger partial charge in [-0.25, -0.2) is 0 Å². The van der Waals surface area contributed by atoms with Crippen LogP contribution in [0.15, 0.2) is 0 Å². The van der Waals surface area contributed by atoms with Gasteiger partial charge in [-0.1, -0.05) is 39.0 Å². The fourth-order valence-corrected chi connectivity index (χ4v) is 1.19. The molecule has 2 nitrogen and oxygen atoms in total. The van der Waals surface area contributed by atoms with E-state index in [1.807, 2.05) is 6.07 Å². The van der Waals surface area contributed by atoms with Gasteiger partial charge in [-0.05, 0) is 6.42 Å². The fraction of sp³-hybridized carbons (Fsp3) is 0.900. The van der Waals surface area contributed by atoms with Gasteiger partial charge in [-0.15, -0.1) is 0 Å². The lowest BCUT2D eigenvalue weighted by atomic mass is 10.1. The summed E-state index contributed by atoms with van der Waals surface area (Å²) in [6.07, 6.45) is 6.73. The average Bonchev–Trinajstić information content (AvgIpc) is 2.05. The largest absolute Gasteiger partial charge is 0.392 e. The number of unbranched alkanes of at least 4 members (excludes halogenated alkanes) is 4. The standard InChI is InChI=1S/C10H19NO/c1-2-3-4-5-6-7-10(12)8-9-11/h10,12H,2-8H2,1H3. The van der Waals surface area contributed by atoms with E-state index in [1.165, 1.54) is 25.7 Å². The molecular formula is C10H19NO. The topological polar surface area (TPSA) is 44.0 Å². The maximum absolute atomic E-state index is 9.18. The number of rotatable bonds is 7. The van der Waals surface area contributed by atoms with Crippen LogP contribution in [0.1, 0.15) is 51.9 Å². The summed E-state index contributed by atoms with van der Waals surface area (Å²) in [4.78, 5) is 0. The van der Waals surface area contributed by atoms with E-state index < -0.39 is 6.10 Å². The van der Waals surface area contributed by atoms with E-state index >= 15 is 0 Å². The van der Waals surface area contributed by atoms with Crippen molar-refractivity contribution < 1.29 is 5.11 Å². The summed E-state index contributed by atoms with van der Waals surface area (Å²) in [5.41, 5.74) is 0. The number of hydrogen-bond donors (Lipinski definition) is 1. The molecule has 0 amide bonds. The number of hydrogen-bond acceptors (Lipinski definition) is 2. The van der Waals surface area contributed by atoms with Gasteiger partial charge < -0.3 is 5.11 Å². The van der Waals surface area contributed by atoms with E-state index in [1.54, 1.807) is 0 Å². The van der Waals surface area contributed by atoms with Crippen LogP contribution in [-0.2, 0) is 0 Å². The second kappa shape index (κ2) is 8.55. The van der Waals surface area contributed by atoms with Gasteiger partial charge in [0.15, 0.2) is 0 Å². The molecule has 0 rings (SSSR count). The minimum atomic E-state index is -0.392. The van der Waals surface area contributed by atoms with Crippen molar-refractivity contribution in [3.8, 4) is 6.07 Å². The molecule has 0 heterocycles. The first-order valence-corrected chi connectivity index (χ1v) is 4.86. The van der Waals surface area contributed by atoms with Gasteiger partial charge in [0.1, 0.15) is 0 Å². The zero-order chi connectivity index (χ0) is 9.23. The van der Waals surface area contributed by atoms with Gasteiger partial charge in [-0.3, -0.25) is 0 Å². The lowest BCUT2D eigenvalue weighted by molar-refractivity contribution is 0.165. The molecule has 1 atom stereocenters. The van der Waals surface area contributed by atoms with Crippen LogP contribution < -0.4 is 0 Å². The van der Waals surface area contributed by atoms with E-state index in [0.29, 0.717) is 0 Å². The Kier molecular flexibility index (Phi) is 8.15. The Morgan fingerprint density at radius 3 is 2.50 bits per heavy atom. The van der Waals surface area contributed by atoms with Gasteiger partial charge >= 0.3 is 0 Å². The third-order valence-electron chi connectivity index (χ3n) is 1.97. The van der Waals surface area contributed by atoms with Crippen LogP contribution in [0, 0.1) is 11.3 Å². The minimum absolute atomic E-state index is 0.285. The van der Waals surface area contributed by atoms with Crippen molar-refractivity contribution >= 4 is 0 Å². The Morgan fingerprint density at radius 1 is 1.25 bits per heavy atom. The van der Waals surface area contributed by atoms with Gasteiger partial charge in [0, 0.05) is 0 Å². The SMILES string of the molecule is CCCCCCCC(O)CC#N. The number of aliphatic hydroxyl groups is 1. The molecule has 0 radical (unpaired) electrons. The summed E-state index contributed by atoms with van der Waals surface area (Å²) in [6.45, 7) is 2.19. The lowest BCUT2D eigenvalue weighted by Crippen LogP contribution is -2.04. The van der Waals surface area contributed by atoms with Crippen molar-refractivity contribution in [2.45, 2.75) is 58.0 Å². The van der Waals surface area contributed by atoms with E-state index in [4.69, 9.17) is 5.26 Å².